The van der Waals surface area contributed by atoms with Crippen molar-refractivity contribution >= 4 is 17.9 Å². The zero-order chi connectivity index (χ0) is 32.2. The maximum Gasteiger partial charge on any atom is 0.416 e. The summed E-state index contributed by atoms with van der Waals surface area (Å²) < 4.78 is 77.2. The first-order chi connectivity index (χ1) is 20.8. The van der Waals surface area contributed by atoms with E-state index in [0.717, 1.165) is 21.9 Å². The van der Waals surface area contributed by atoms with Crippen molar-refractivity contribution in [1.29, 1.82) is 0 Å². The Morgan fingerprint density at radius 3 is 2.34 bits per heavy atom. The van der Waals surface area contributed by atoms with Gasteiger partial charge in [0.05, 0.1) is 37.6 Å². The smallest absolute Gasteiger partial charge is 0.416 e. The second kappa shape index (κ2) is 13.4. The Labute approximate surface area is 250 Å². The van der Waals surface area contributed by atoms with Crippen LogP contribution in [-0.4, -0.2) is 59.1 Å². The maximum atomic E-state index is 15.6. The van der Waals surface area contributed by atoms with Gasteiger partial charge in [-0.15, -0.1) is 0 Å². The summed E-state index contributed by atoms with van der Waals surface area (Å²) in [5, 5.41) is 12.1. The summed E-state index contributed by atoms with van der Waals surface area (Å²) in [6, 6.07) is 12.0. The number of imide groups is 1. The Balaban J connectivity index is 1.81. The Bertz CT molecular complexity index is 1520. The molecule has 4 rings (SSSR count). The van der Waals surface area contributed by atoms with E-state index < -0.39 is 71.4 Å². The van der Waals surface area contributed by atoms with Crippen molar-refractivity contribution < 1.29 is 46.2 Å². The van der Waals surface area contributed by atoms with Gasteiger partial charge < -0.3 is 20.1 Å². The summed E-state index contributed by atoms with van der Waals surface area (Å²) in [4.78, 5) is 40.8. The number of carbonyl (C=O) groups is 3. The Kier molecular flexibility index (Phi) is 9.88. The number of methoxy groups -OCH3 is 1. The third-order valence-electron chi connectivity index (χ3n) is 7.58. The third kappa shape index (κ3) is 6.83. The predicted octanol–water partition coefficient (Wildman–Crippen LogP) is 5.73. The lowest BCUT2D eigenvalue weighted by Gasteiger charge is -2.44. The van der Waals surface area contributed by atoms with Crippen LogP contribution < -0.4 is 10.1 Å². The second-order valence-electron chi connectivity index (χ2n) is 10.3. The van der Waals surface area contributed by atoms with E-state index in [2.05, 4.69) is 5.32 Å². The summed E-state index contributed by atoms with van der Waals surface area (Å²) in [7, 11) is 1.22. The molecule has 1 aliphatic rings. The van der Waals surface area contributed by atoms with Crippen LogP contribution in [0.25, 0.3) is 0 Å². The molecule has 1 heterocycles. The van der Waals surface area contributed by atoms with Gasteiger partial charge in [0, 0.05) is 30.3 Å². The van der Waals surface area contributed by atoms with Crippen molar-refractivity contribution in [1.82, 2.24) is 15.1 Å². The van der Waals surface area contributed by atoms with Gasteiger partial charge in [-0.25, -0.2) is 13.6 Å². The van der Waals surface area contributed by atoms with Gasteiger partial charge in [-0.1, -0.05) is 48.5 Å². The molecule has 234 valence electrons. The van der Waals surface area contributed by atoms with Crippen LogP contribution in [0.3, 0.4) is 0 Å². The summed E-state index contributed by atoms with van der Waals surface area (Å²) >= 11 is 0. The molecule has 0 aromatic heterocycles. The molecule has 8 nitrogen and oxygen atoms in total. The molecule has 0 bridgehead atoms. The Morgan fingerprint density at radius 1 is 1.02 bits per heavy atom. The molecular formula is C31H30F5N3O5. The number of hydrogen-bond acceptors (Lipinski definition) is 5. The van der Waals surface area contributed by atoms with E-state index in [1.165, 1.54) is 32.2 Å². The van der Waals surface area contributed by atoms with Crippen LogP contribution in [0.15, 0.2) is 66.7 Å². The lowest BCUT2D eigenvalue weighted by Crippen LogP contribution is -2.61. The van der Waals surface area contributed by atoms with Crippen LogP contribution in [0.4, 0.5) is 26.7 Å². The predicted molar refractivity (Wildman–Crippen MR) is 149 cm³/mol. The fraction of sp³-hybridized carbons (Fsp3) is 0.323. The molecule has 13 heteroatoms. The first-order valence-corrected chi connectivity index (χ1v) is 13.6. The number of aliphatic carboxylic acids is 1. The number of carbonyl (C=O) groups excluding carboxylic acids is 2. The van der Waals surface area contributed by atoms with E-state index in [9.17, 15) is 31.9 Å². The first-order valence-electron chi connectivity index (χ1n) is 13.6. The lowest BCUT2D eigenvalue weighted by molar-refractivity contribution is -0.140. The monoisotopic (exact) mass is 619 g/mol. The number of benzene rings is 3. The molecule has 0 aliphatic carbocycles. The van der Waals surface area contributed by atoms with Crippen molar-refractivity contribution in [2.75, 3.05) is 20.2 Å². The number of amides is 3. The van der Waals surface area contributed by atoms with E-state index in [1.807, 2.05) is 0 Å². The zero-order valence-electron chi connectivity index (χ0n) is 23.8. The van der Waals surface area contributed by atoms with Crippen LogP contribution >= 0.6 is 0 Å². The number of halogens is 5. The minimum atomic E-state index is -4.94. The summed E-state index contributed by atoms with van der Waals surface area (Å²) in [6.45, 7) is 0.0970. The molecule has 1 fully saturated rings. The van der Waals surface area contributed by atoms with Crippen LogP contribution in [0.1, 0.15) is 47.6 Å². The molecule has 0 radical (unpaired) electrons. The number of carboxylic acids is 1. The number of hydrogen-bond donors (Lipinski definition) is 2. The molecular weight excluding hydrogens is 589 g/mol. The van der Waals surface area contributed by atoms with E-state index in [4.69, 9.17) is 9.84 Å². The quantitative estimate of drug-likeness (QED) is 0.266. The molecule has 1 saturated heterocycles. The molecule has 2 unspecified atom stereocenters. The molecule has 3 aromatic carbocycles. The number of rotatable bonds is 11. The van der Waals surface area contributed by atoms with Crippen molar-refractivity contribution in [3.8, 4) is 5.75 Å². The highest BCUT2D eigenvalue weighted by atomic mass is 19.4. The van der Waals surface area contributed by atoms with E-state index in [0.29, 0.717) is 11.6 Å². The molecule has 2 N–H and O–H groups in total. The average molecular weight is 620 g/mol. The molecule has 3 atom stereocenters. The van der Waals surface area contributed by atoms with E-state index in [-0.39, 0.29) is 30.8 Å². The largest absolute Gasteiger partial charge is 0.494 e. The zero-order valence-corrected chi connectivity index (χ0v) is 23.8. The van der Waals surface area contributed by atoms with Crippen LogP contribution in [-0.2, 0) is 22.3 Å². The number of alkyl halides is 3. The van der Waals surface area contributed by atoms with Gasteiger partial charge >= 0.3 is 18.2 Å². The molecule has 3 amide bonds. The summed E-state index contributed by atoms with van der Waals surface area (Å²) in [5.74, 6) is -5.62. The van der Waals surface area contributed by atoms with Gasteiger partial charge in [0.25, 0.3) is 0 Å². The standard InChI is InChI=1S/C31H30F5N3O5/c1-18-27(20-10-6-13-25(44-2)28(20)33)29(42)39(17-24(37-15-14-26(40)41)19-8-4-3-5-9-19)30(43)38(18)16-21-22(31(34,35)36)11-7-12-23(21)32/h3-13,18,24,27,37H,14-17H2,1-2H3,(H,40,41)/t18?,24-,27?/m0/s1. The lowest BCUT2D eigenvalue weighted by atomic mass is 9.86. The number of nitrogens with zero attached hydrogens (tertiary/aromatic N) is 2. The van der Waals surface area contributed by atoms with Crippen molar-refractivity contribution in [3.05, 3.63) is 101 Å². The fourth-order valence-corrected chi connectivity index (χ4v) is 5.34. The second-order valence-corrected chi connectivity index (χ2v) is 10.3. The minimum Gasteiger partial charge on any atom is -0.494 e. The van der Waals surface area contributed by atoms with Crippen LogP contribution in [0, 0.1) is 11.6 Å². The highest BCUT2D eigenvalue weighted by Crippen LogP contribution is 2.39. The van der Waals surface area contributed by atoms with Gasteiger partial charge in [-0.2, -0.15) is 13.2 Å². The maximum absolute atomic E-state index is 15.6. The Hall–Kier alpha value is -4.52. The molecule has 1 aliphatic heterocycles. The van der Waals surface area contributed by atoms with Crippen molar-refractivity contribution in [3.63, 3.8) is 0 Å². The van der Waals surface area contributed by atoms with Crippen molar-refractivity contribution in [2.24, 2.45) is 0 Å². The van der Waals surface area contributed by atoms with Gasteiger partial charge in [-0.05, 0) is 30.7 Å². The third-order valence-corrected chi connectivity index (χ3v) is 7.58. The van der Waals surface area contributed by atoms with E-state index in [1.54, 1.807) is 30.3 Å². The SMILES string of the molecule is COc1cccc(C2C(=O)N(C[C@H](NCCC(=O)O)c3ccccc3)C(=O)N(Cc3c(F)cccc3C(F)(F)F)C2C)c1F. The number of urea groups is 1. The van der Waals surface area contributed by atoms with Gasteiger partial charge in [0.15, 0.2) is 11.6 Å². The minimum absolute atomic E-state index is 0.0384. The van der Waals surface area contributed by atoms with Crippen LogP contribution in [0.5, 0.6) is 5.75 Å². The summed E-state index contributed by atoms with van der Waals surface area (Å²) in [6.07, 6.45) is -5.22. The van der Waals surface area contributed by atoms with Crippen LogP contribution in [0.2, 0.25) is 0 Å². The highest BCUT2D eigenvalue weighted by Gasteiger charge is 2.47. The average Bonchev–Trinajstić information content (AvgIpc) is 2.97. The molecule has 0 saturated carbocycles. The molecule has 44 heavy (non-hydrogen) atoms. The van der Waals surface area contributed by atoms with Gasteiger partial charge in [0.1, 0.15) is 5.82 Å². The first kappa shape index (κ1) is 32.4. The van der Waals surface area contributed by atoms with Gasteiger partial charge in [-0.3, -0.25) is 14.5 Å². The Morgan fingerprint density at radius 2 is 1.70 bits per heavy atom. The summed E-state index contributed by atoms with van der Waals surface area (Å²) in [5.41, 5.74) is -1.67. The molecule has 3 aromatic rings. The number of ether oxygens (including phenoxy) is 1. The highest BCUT2D eigenvalue weighted by molar-refractivity contribution is 6.01. The number of carboxylic acid groups (broad SMARTS) is 1. The van der Waals surface area contributed by atoms with Gasteiger partial charge in [0.2, 0.25) is 5.91 Å². The topological polar surface area (TPSA) is 99.2 Å². The van der Waals surface area contributed by atoms with Crippen molar-refractivity contribution in [2.45, 2.75) is 44.1 Å². The molecule has 0 spiro atoms. The normalized spacial score (nSPS) is 18.0. The fourth-order valence-electron chi connectivity index (χ4n) is 5.34. The van der Waals surface area contributed by atoms with E-state index >= 15 is 4.39 Å². The number of nitrogens with one attached hydrogen (secondary N) is 1.